The average Bonchev–Trinajstić information content (AvgIpc) is 3.36. The molecule has 1 aliphatic carbocycles. The van der Waals surface area contributed by atoms with Crippen molar-refractivity contribution in [2.45, 2.75) is 38.3 Å². The summed E-state index contributed by atoms with van der Waals surface area (Å²) in [5.74, 6) is -0.00713. The number of thiophene rings is 1. The molecule has 1 atom stereocenters. The number of hydrogen-bond donors (Lipinski definition) is 1. The molecular weight excluding hydrogens is 380 g/mol. The van der Waals surface area contributed by atoms with Gasteiger partial charge in [-0.05, 0) is 42.7 Å². The predicted molar refractivity (Wildman–Crippen MR) is 118 cm³/mol. The number of rotatable bonds is 7. The molecule has 0 aliphatic heterocycles. The van der Waals surface area contributed by atoms with Gasteiger partial charge in [-0.15, -0.1) is 11.3 Å². The van der Waals surface area contributed by atoms with Crippen molar-refractivity contribution in [3.63, 3.8) is 0 Å². The zero-order valence-corrected chi connectivity index (χ0v) is 17.9. The number of aromatic nitrogens is 2. The van der Waals surface area contributed by atoms with Gasteiger partial charge in [-0.2, -0.15) is 5.10 Å². The molecule has 152 valence electrons. The summed E-state index contributed by atoms with van der Waals surface area (Å²) in [6.45, 7) is 1.68. The maximum absolute atomic E-state index is 12.8. The molecule has 1 amide bonds. The fourth-order valence-corrected chi connectivity index (χ4v) is 4.70. The Hall–Kier alpha value is -2.44. The lowest BCUT2D eigenvalue weighted by Crippen LogP contribution is -2.36. The Bertz CT molecular complexity index is 947. The summed E-state index contributed by atoms with van der Waals surface area (Å²) in [6.07, 6.45) is 3.95. The van der Waals surface area contributed by atoms with Crippen molar-refractivity contribution in [1.29, 1.82) is 0 Å². The molecule has 3 aromatic rings. The third-order valence-corrected chi connectivity index (χ3v) is 6.45. The molecule has 1 aromatic carbocycles. The molecule has 29 heavy (non-hydrogen) atoms. The summed E-state index contributed by atoms with van der Waals surface area (Å²) >= 11 is 1.81. The topological polar surface area (TPSA) is 50.2 Å². The number of hydrogen-bond acceptors (Lipinski definition) is 4. The second-order valence-corrected chi connectivity index (χ2v) is 8.87. The minimum absolute atomic E-state index is 0.00713. The fraction of sp³-hybridized carbons (Fsp3) is 0.391. The lowest BCUT2D eigenvalue weighted by molar-refractivity contribution is 0.0820. The van der Waals surface area contributed by atoms with Gasteiger partial charge >= 0.3 is 0 Å². The van der Waals surface area contributed by atoms with E-state index in [-0.39, 0.29) is 5.91 Å². The molecule has 0 fully saturated rings. The Kier molecular flexibility index (Phi) is 6.11. The lowest BCUT2D eigenvalue weighted by atomic mass is 9.91. The Balaban J connectivity index is 1.52. The van der Waals surface area contributed by atoms with Crippen LogP contribution in [0.1, 0.15) is 38.6 Å². The maximum Gasteiger partial charge on any atom is 0.274 e. The number of fused-ring (bicyclic) bond motifs is 1. The van der Waals surface area contributed by atoms with Crippen LogP contribution in [0.25, 0.3) is 0 Å². The third kappa shape index (κ3) is 4.60. The van der Waals surface area contributed by atoms with Crippen LogP contribution in [0.2, 0.25) is 0 Å². The Labute approximate surface area is 176 Å². The van der Waals surface area contributed by atoms with E-state index in [2.05, 4.69) is 35.0 Å². The molecule has 5 nitrogen and oxygen atoms in total. The highest BCUT2D eigenvalue weighted by molar-refractivity contribution is 7.09. The van der Waals surface area contributed by atoms with E-state index in [1.165, 1.54) is 16.1 Å². The number of amides is 1. The van der Waals surface area contributed by atoms with Gasteiger partial charge in [-0.3, -0.25) is 9.48 Å². The average molecular weight is 409 g/mol. The highest BCUT2D eigenvalue weighted by atomic mass is 32.1. The van der Waals surface area contributed by atoms with Crippen LogP contribution in [0.4, 0.5) is 0 Å². The van der Waals surface area contributed by atoms with Crippen LogP contribution in [0.5, 0.6) is 0 Å². The maximum atomic E-state index is 12.8. The largest absolute Gasteiger partial charge is 0.343 e. The van der Waals surface area contributed by atoms with E-state index >= 15 is 0 Å². The monoisotopic (exact) mass is 408 g/mol. The highest BCUT2D eigenvalue weighted by Gasteiger charge is 2.29. The standard InChI is InChI=1S/C23H28N4OS/c1-26(2)23(28)22-20-15-18(24-13-12-19-9-6-14-29-19)10-11-21(20)27(25-22)16-17-7-4-3-5-8-17/h3-9,14,18,24H,10-13,15-16H2,1-2H3. The zero-order chi connectivity index (χ0) is 20.2. The van der Waals surface area contributed by atoms with Gasteiger partial charge in [0, 0.05) is 42.8 Å². The fourth-order valence-electron chi connectivity index (χ4n) is 3.99. The van der Waals surface area contributed by atoms with E-state index in [0.717, 1.165) is 37.8 Å². The quantitative estimate of drug-likeness (QED) is 0.652. The third-order valence-electron chi connectivity index (χ3n) is 5.52. The smallest absolute Gasteiger partial charge is 0.274 e. The van der Waals surface area contributed by atoms with Crippen molar-refractivity contribution in [2.24, 2.45) is 0 Å². The van der Waals surface area contributed by atoms with E-state index in [9.17, 15) is 4.79 Å². The summed E-state index contributed by atoms with van der Waals surface area (Å²) in [6, 6.07) is 15.0. The van der Waals surface area contributed by atoms with Crippen molar-refractivity contribution in [3.05, 3.63) is 75.2 Å². The molecule has 0 saturated heterocycles. The van der Waals surface area contributed by atoms with Crippen LogP contribution in [0.15, 0.2) is 47.8 Å². The molecule has 1 aliphatic rings. The minimum Gasteiger partial charge on any atom is -0.343 e. The van der Waals surface area contributed by atoms with Gasteiger partial charge in [-0.1, -0.05) is 36.4 Å². The summed E-state index contributed by atoms with van der Waals surface area (Å²) in [4.78, 5) is 15.8. The summed E-state index contributed by atoms with van der Waals surface area (Å²) < 4.78 is 2.04. The van der Waals surface area contributed by atoms with Gasteiger partial charge in [0.25, 0.3) is 5.91 Å². The Morgan fingerprint density at radius 2 is 2.07 bits per heavy atom. The van der Waals surface area contributed by atoms with Crippen LogP contribution in [0, 0.1) is 0 Å². The highest BCUT2D eigenvalue weighted by Crippen LogP contribution is 2.26. The van der Waals surface area contributed by atoms with Crippen molar-refractivity contribution >= 4 is 17.2 Å². The molecule has 6 heteroatoms. The first-order chi connectivity index (χ1) is 14.1. The van der Waals surface area contributed by atoms with Gasteiger partial charge in [0.2, 0.25) is 0 Å². The molecule has 2 aromatic heterocycles. The molecule has 2 heterocycles. The van der Waals surface area contributed by atoms with Crippen LogP contribution < -0.4 is 5.32 Å². The first-order valence-electron chi connectivity index (χ1n) is 10.2. The normalized spacial score (nSPS) is 15.9. The van der Waals surface area contributed by atoms with Gasteiger partial charge < -0.3 is 10.2 Å². The number of carbonyl (C=O) groups is 1. The molecule has 0 saturated carbocycles. The van der Waals surface area contributed by atoms with Gasteiger partial charge in [0.05, 0.1) is 6.54 Å². The summed E-state index contributed by atoms with van der Waals surface area (Å²) in [7, 11) is 3.59. The first kappa shape index (κ1) is 19.9. The van der Waals surface area contributed by atoms with Crippen LogP contribution in [0.3, 0.4) is 0 Å². The lowest BCUT2D eigenvalue weighted by Gasteiger charge is -2.25. The molecule has 0 bridgehead atoms. The molecule has 4 rings (SSSR count). The van der Waals surface area contributed by atoms with E-state index in [0.29, 0.717) is 18.3 Å². The SMILES string of the molecule is CN(C)C(=O)c1nn(Cc2ccccc2)c2c1CC(NCCc1cccs1)CC2. The van der Waals surface area contributed by atoms with Crippen LogP contribution in [-0.2, 0) is 25.8 Å². The van der Waals surface area contributed by atoms with Gasteiger partial charge in [0.1, 0.15) is 0 Å². The minimum atomic E-state index is -0.00713. The molecule has 0 spiro atoms. The number of carbonyl (C=O) groups excluding carboxylic acids is 1. The van der Waals surface area contributed by atoms with Crippen molar-refractivity contribution < 1.29 is 4.79 Å². The van der Waals surface area contributed by atoms with Gasteiger partial charge in [-0.25, -0.2) is 0 Å². The second kappa shape index (κ2) is 8.93. The van der Waals surface area contributed by atoms with E-state index in [1.807, 2.05) is 34.2 Å². The summed E-state index contributed by atoms with van der Waals surface area (Å²) in [5, 5.41) is 10.6. The van der Waals surface area contributed by atoms with Crippen molar-refractivity contribution in [1.82, 2.24) is 20.0 Å². The predicted octanol–water partition coefficient (Wildman–Crippen LogP) is 3.38. The number of benzene rings is 1. The second-order valence-electron chi connectivity index (χ2n) is 7.84. The van der Waals surface area contributed by atoms with Crippen molar-refractivity contribution in [3.8, 4) is 0 Å². The van der Waals surface area contributed by atoms with Crippen LogP contribution >= 0.6 is 11.3 Å². The molecular formula is C23H28N4OS. The Morgan fingerprint density at radius 1 is 1.24 bits per heavy atom. The first-order valence-corrected chi connectivity index (χ1v) is 11.1. The number of nitrogens with zero attached hydrogens (tertiary/aromatic N) is 3. The van der Waals surface area contributed by atoms with Crippen LogP contribution in [-0.4, -0.2) is 47.3 Å². The molecule has 1 N–H and O–H groups in total. The molecule has 1 unspecified atom stereocenters. The van der Waals surface area contributed by atoms with E-state index < -0.39 is 0 Å². The van der Waals surface area contributed by atoms with E-state index in [1.54, 1.807) is 19.0 Å². The van der Waals surface area contributed by atoms with E-state index in [4.69, 9.17) is 5.10 Å². The number of nitrogens with one attached hydrogen (secondary N) is 1. The van der Waals surface area contributed by atoms with Gasteiger partial charge in [0.15, 0.2) is 5.69 Å². The zero-order valence-electron chi connectivity index (χ0n) is 17.1. The van der Waals surface area contributed by atoms with Crippen molar-refractivity contribution in [2.75, 3.05) is 20.6 Å². The molecule has 0 radical (unpaired) electrons. The summed E-state index contributed by atoms with van der Waals surface area (Å²) in [5.41, 5.74) is 4.17. The Morgan fingerprint density at radius 3 is 2.79 bits per heavy atom.